The highest BCUT2D eigenvalue weighted by Crippen LogP contribution is 2.25. The molecule has 21 heavy (non-hydrogen) atoms. The standard InChI is InChI=1S/C16H18N2O3/c1-10-5-3-4-8-18(10)14(19)11-6-7-12-13(9-11)16(21)17(2)15(12)20/h6-7,9-10H,3-5,8H2,1-2H3. The Morgan fingerprint density at radius 3 is 2.57 bits per heavy atom. The van der Waals surface area contributed by atoms with E-state index >= 15 is 0 Å². The maximum absolute atomic E-state index is 12.6. The molecule has 5 heteroatoms. The van der Waals surface area contributed by atoms with Gasteiger partial charge >= 0.3 is 0 Å². The zero-order chi connectivity index (χ0) is 15.1. The van der Waals surface area contributed by atoms with Crippen molar-refractivity contribution in [3.05, 3.63) is 34.9 Å². The molecule has 0 bridgehead atoms. The normalized spacial score (nSPS) is 21.7. The molecule has 3 amide bonds. The monoisotopic (exact) mass is 286 g/mol. The second-order valence-electron chi connectivity index (χ2n) is 5.77. The van der Waals surface area contributed by atoms with Crippen molar-refractivity contribution in [1.29, 1.82) is 0 Å². The van der Waals surface area contributed by atoms with Crippen molar-refractivity contribution in [2.24, 2.45) is 0 Å². The Hall–Kier alpha value is -2.17. The van der Waals surface area contributed by atoms with Crippen molar-refractivity contribution in [3.63, 3.8) is 0 Å². The topological polar surface area (TPSA) is 57.7 Å². The molecule has 0 radical (unpaired) electrons. The molecule has 3 rings (SSSR count). The van der Waals surface area contributed by atoms with Gasteiger partial charge in [0.2, 0.25) is 0 Å². The number of amides is 3. The van der Waals surface area contributed by atoms with Gasteiger partial charge in [0.05, 0.1) is 11.1 Å². The van der Waals surface area contributed by atoms with Crippen LogP contribution in [0.1, 0.15) is 57.3 Å². The molecule has 0 N–H and O–H groups in total. The molecule has 1 fully saturated rings. The van der Waals surface area contributed by atoms with E-state index in [9.17, 15) is 14.4 Å². The van der Waals surface area contributed by atoms with Crippen LogP contribution in [0.15, 0.2) is 18.2 Å². The van der Waals surface area contributed by atoms with Gasteiger partial charge in [-0.1, -0.05) is 0 Å². The first kappa shape index (κ1) is 13.8. The maximum atomic E-state index is 12.6. The largest absolute Gasteiger partial charge is 0.336 e. The van der Waals surface area contributed by atoms with E-state index in [1.54, 1.807) is 18.2 Å². The minimum atomic E-state index is -0.337. The van der Waals surface area contributed by atoms with Crippen LogP contribution < -0.4 is 0 Å². The Morgan fingerprint density at radius 2 is 1.86 bits per heavy atom. The summed E-state index contributed by atoms with van der Waals surface area (Å²) in [6, 6.07) is 5.01. The van der Waals surface area contributed by atoms with Crippen LogP contribution in [0.25, 0.3) is 0 Å². The number of imide groups is 1. The van der Waals surface area contributed by atoms with Crippen molar-refractivity contribution >= 4 is 17.7 Å². The van der Waals surface area contributed by atoms with Gasteiger partial charge in [0.1, 0.15) is 0 Å². The number of benzene rings is 1. The number of nitrogens with zero attached hydrogens (tertiary/aromatic N) is 2. The van der Waals surface area contributed by atoms with E-state index in [1.165, 1.54) is 7.05 Å². The number of fused-ring (bicyclic) bond motifs is 1. The Balaban J connectivity index is 1.93. The number of hydrogen-bond donors (Lipinski definition) is 0. The molecule has 1 unspecified atom stereocenters. The summed E-state index contributed by atoms with van der Waals surface area (Å²) in [5.74, 6) is -0.698. The highest BCUT2D eigenvalue weighted by atomic mass is 16.2. The third kappa shape index (κ3) is 2.13. The fourth-order valence-electron chi connectivity index (χ4n) is 3.06. The summed E-state index contributed by atoms with van der Waals surface area (Å²) in [6.07, 6.45) is 3.17. The quantitative estimate of drug-likeness (QED) is 0.741. The lowest BCUT2D eigenvalue weighted by Gasteiger charge is -2.33. The fourth-order valence-corrected chi connectivity index (χ4v) is 3.06. The highest BCUT2D eigenvalue weighted by Gasteiger charge is 2.34. The number of piperidine rings is 1. The molecule has 0 spiro atoms. The number of rotatable bonds is 1. The van der Waals surface area contributed by atoms with Gasteiger partial charge < -0.3 is 4.90 Å². The molecular formula is C16H18N2O3. The summed E-state index contributed by atoms with van der Waals surface area (Å²) in [5, 5.41) is 0. The van der Waals surface area contributed by atoms with Crippen molar-refractivity contribution in [2.75, 3.05) is 13.6 Å². The van der Waals surface area contributed by atoms with E-state index in [-0.39, 0.29) is 23.8 Å². The lowest BCUT2D eigenvalue weighted by molar-refractivity contribution is 0.0634. The van der Waals surface area contributed by atoms with Crippen LogP contribution in [-0.4, -0.2) is 47.2 Å². The first-order valence-electron chi connectivity index (χ1n) is 7.28. The molecule has 110 valence electrons. The molecule has 1 saturated heterocycles. The van der Waals surface area contributed by atoms with Crippen LogP contribution >= 0.6 is 0 Å². The van der Waals surface area contributed by atoms with E-state index in [0.717, 1.165) is 30.7 Å². The summed E-state index contributed by atoms with van der Waals surface area (Å²) in [6.45, 7) is 2.80. The van der Waals surface area contributed by atoms with Crippen molar-refractivity contribution in [1.82, 2.24) is 9.80 Å². The molecule has 0 aliphatic carbocycles. The summed E-state index contributed by atoms with van der Waals surface area (Å²) in [7, 11) is 1.46. The van der Waals surface area contributed by atoms with Crippen LogP contribution in [-0.2, 0) is 0 Å². The zero-order valence-electron chi connectivity index (χ0n) is 12.3. The van der Waals surface area contributed by atoms with E-state index < -0.39 is 0 Å². The van der Waals surface area contributed by atoms with Gasteiger partial charge in [0.25, 0.3) is 17.7 Å². The van der Waals surface area contributed by atoms with E-state index in [2.05, 4.69) is 0 Å². The molecule has 1 aromatic rings. The lowest BCUT2D eigenvalue weighted by atomic mass is 10.0. The molecule has 2 heterocycles. The van der Waals surface area contributed by atoms with Gasteiger partial charge in [-0.2, -0.15) is 0 Å². The summed E-state index contributed by atoms with van der Waals surface area (Å²) >= 11 is 0. The molecule has 1 atom stereocenters. The number of hydrogen-bond acceptors (Lipinski definition) is 3. The molecule has 2 aliphatic heterocycles. The molecule has 0 saturated carbocycles. The number of likely N-dealkylation sites (tertiary alicyclic amines) is 1. The average Bonchev–Trinajstić information content (AvgIpc) is 2.71. The number of carbonyl (C=O) groups excluding carboxylic acids is 3. The first-order chi connectivity index (χ1) is 10.0. The Labute approximate surface area is 123 Å². The predicted molar refractivity (Wildman–Crippen MR) is 77.2 cm³/mol. The van der Waals surface area contributed by atoms with Gasteiger partial charge in [-0.15, -0.1) is 0 Å². The van der Waals surface area contributed by atoms with Crippen LogP contribution in [0.3, 0.4) is 0 Å². The lowest BCUT2D eigenvalue weighted by Crippen LogP contribution is -2.42. The van der Waals surface area contributed by atoms with Crippen molar-refractivity contribution < 1.29 is 14.4 Å². The van der Waals surface area contributed by atoms with Gasteiger partial charge in [-0.3, -0.25) is 19.3 Å². The summed E-state index contributed by atoms with van der Waals surface area (Å²) < 4.78 is 0. The predicted octanol–water partition coefficient (Wildman–Crippen LogP) is 1.93. The van der Waals surface area contributed by atoms with Crippen LogP contribution in [0.5, 0.6) is 0 Å². The fraction of sp³-hybridized carbons (Fsp3) is 0.438. The first-order valence-corrected chi connectivity index (χ1v) is 7.28. The summed E-state index contributed by atoms with van der Waals surface area (Å²) in [5.41, 5.74) is 1.20. The minimum Gasteiger partial charge on any atom is -0.336 e. The third-order valence-electron chi connectivity index (χ3n) is 4.40. The Kier molecular flexibility index (Phi) is 3.27. The van der Waals surface area contributed by atoms with Crippen molar-refractivity contribution in [3.8, 4) is 0 Å². The zero-order valence-corrected chi connectivity index (χ0v) is 12.3. The highest BCUT2D eigenvalue weighted by molar-refractivity contribution is 6.21. The molecule has 2 aliphatic rings. The molecular weight excluding hydrogens is 268 g/mol. The van der Waals surface area contributed by atoms with E-state index in [0.29, 0.717) is 16.7 Å². The maximum Gasteiger partial charge on any atom is 0.261 e. The van der Waals surface area contributed by atoms with Crippen LogP contribution in [0, 0.1) is 0 Å². The third-order valence-corrected chi connectivity index (χ3v) is 4.40. The van der Waals surface area contributed by atoms with Gasteiger partial charge in [0.15, 0.2) is 0 Å². The Morgan fingerprint density at radius 1 is 1.14 bits per heavy atom. The molecule has 5 nitrogen and oxygen atoms in total. The van der Waals surface area contributed by atoms with Gasteiger partial charge in [-0.25, -0.2) is 0 Å². The smallest absolute Gasteiger partial charge is 0.261 e. The van der Waals surface area contributed by atoms with Gasteiger partial charge in [0, 0.05) is 25.2 Å². The van der Waals surface area contributed by atoms with Crippen LogP contribution in [0.4, 0.5) is 0 Å². The van der Waals surface area contributed by atoms with E-state index in [4.69, 9.17) is 0 Å². The van der Waals surface area contributed by atoms with Crippen molar-refractivity contribution in [2.45, 2.75) is 32.2 Å². The van der Waals surface area contributed by atoms with E-state index in [1.807, 2.05) is 11.8 Å². The minimum absolute atomic E-state index is 0.0557. The second-order valence-corrected chi connectivity index (χ2v) is 5.77. The SMILES string of the molecule is CC1CCCCN1C(=O)c1ccc2c(c1)C(=O)N(C)C2=O. The summed E-state index contributed by atoms with van der Waals surface area (Å²) in [4.78, 5) is 39.4. The molecule has 1 aromatic carbocycles. The molecule has 0 aromatic heterocycles. The number of carbonyl (C=O) groups is 3. The second kappa shape index (κ2) is 4.98. The van der Waals surface area contributed by atoms with Gasteiger partial charge in [-0.05, 0) is 44.4 Å². The van der Waals surface area contributed by atoms with Crippen LogP contribution in [0.2, 0.25) is 0 Å². The Bertz CT molecular complexity index is 638. The average molecular weight is 286 g/mol.